The Morgan fingerprint density at radius 2 is 2.20 bits per heavy atom. The van der Waals surface area contributed by atoms with Crippen LogP contribution in [0.2, 0.25) is 0 Å². The number of rotatable bonds is 6. The molecule has 0 saturated carbocycles. The number of hydrogen-bond donors (Lipinski definition) is 1. The van der Waals surface area contributed by atoms with Crippen molar-refractivity contribution in [3.8, 4) is 0 Å². The van der Waals surface area contributed by atoms with Gasteiger partial charge in [0, 0.05) is 24.8 Å². The van der Waals surface area contributed by atoms with Gasteiger partial charge in [0.2, 0.25) is 0 Å². The Labute approximate surface area is 122 Å². The Balaban J connectivity index is 2.14. The first kappa shape index (κ1) is 15.3. The molecule has 1 N–H and O–H groups in total. The van der Waals surface area contributed by atoms with Crippen LogP contribution in [-0.4, -0.2) is 19.1 Å². The van der Waals surface area contributed by atoms with E-state index >= 15 is 0 Å². The van der Waals surface area contributed by atoms with Gasteiger partial charge in [-0.25, -0.2) is 4.39 Å². The predicted octanol–water partition coefficient (Wildman–Crippen LogP) is 3.95. The summed E-state index contributed by atoms with van der Waals surface area (Å²) >= 11 is 0. The standard InChI is InChI=1S/C17H27FN2/c1-4-16-6-5-9-20(16)17-8-7-15(18)10-14(17)12-19-11-13(2)3/h7-8,10,13,16,19H,4-6,9,11-12H2,1-3H3. The fraction of sp³-hybridized carbons (Fsp3) is 0.647. The summed E-state index contributed by atoms with van der Waals surface area (Å²) in [5, 5.41) is 3.43. The molecular formula is C17H27FN2. The molecular weight excluding hydrogens is 251 g/mol. The molecule has 2 nitrogen and oxygen atoms in total. The molecule has 0 radical (unpaired) electrons. The molecule has 0 spiro atoms. The van der Waals surface area contributed by atoms with E-state index in [-0.39, 0.29) is 5.82 Å². The van der Waals surface area contributed by atoms with E-state index in [2.05, 4.69) is 31.0 Å². The molecule has 2 rings (SSSR count). The number of nitrogens with one attached hydrogen (secondary N) is 1. The van der Waals surface area contributed by atoms with E-state index in [9.17, 15) is 4.39 Å². The van der Waals surface area contributed by atoms with E-state index in [0.717, 1.165) is 31.6 Å². The van der Waals surface area contributed by atoms with E-state index in [4.69, 9.17) is 0 Å². The summed E-state index contributed by atoms with van der Waals surface area (Å²) < 4.78 is 13.6. The second-order valence-electron chi connectivity index (χ2n) is 6.20. The SMILES string of the molecule is CCC1CCCN1c1ccc(F)cc1CNCC(C)C. The van der Waals surface area contributed by atoms with Crippen molar-refractivity contribution in [3.05, 3.63) is 29.6 Å². The highest BCUT2D eigenvalue weighted by Crippen LogP contribution is 2.30. The van der Waals surface area contributed by atoms with Crippen LogP contribution in [0.25, 0.3) is 0 Å². The summed E-state index contributed by atoms with van der Waals surface area (Å²) in [5.74, 6) is 0.476. The third kappa shape index (κ3) is 3.72. The van der Waals surface area contributed by atoms with Crippen LogP contribution in [0.1, 0.15) is 45.6 Å². The Kier molecular flexibility index (Phi) is 5.41. The summed E-state index contributed by atoms with van der Waals surface area (Å²) in [4.78, 5) is 2.46. The number of benzene rings is 1. The first-order chi connectivity index (χ1) is 9.61. The Bertz CT molecular complexity index is 431. The molecule has 1 atom stereocenters. The highest BCUT2D eigenvalue weighted by molar-refractivity contribution is 5.55. The average Bonchev–Trinajstić information content (AvgIpc) is 2.86. The van der Waals surface area contributed by atoms with E-state index in [1.165, 1.54) is 18.5 Å². The lowest BCUT2D eigenvalue weighted by Crippen LogP contribution is -2.30. The zero-order chi connectivity index (χ0) is 14.5. The predicted molar refractivity (Wildman–Crippen MR) is 83.6 cm³/mol. The Morgan fingerprint density at radius 1 is 1.40 bits per heavy atom. The molecule has 1 heterocycles. The van der Waals surface area contributed by atoms with Crippen molar-refractivity contribution in [3.63, 3.8) is 0 Å². The third-order valence-electron chi connectivity index (χ3n) is 4.07. The van der Waals surface area contributed by atoms with Crippen molar-refractivity contribution in [2.45, 2.75) is 52.6 Å². The van der Waals surface area contributed by atoms with Gasteiger partial charge in [0.1, 0.15) is 5.82 Å². The molecule has 0 aromatic heterocycles. The zero-order valence-corrected chi connectivity index (χ0v) is 13.0. The van der Waals surface area contributed by atoms with Gasteiger partial charge in [-0.15, -0.1) is 0 Å². The summed E-state index contributed by atoms with van der Waals surface area (Å²) in [5.41, 5.74) is 2.30. The van der Waals surface area contributed by atoms with Crippen LogP contribution in [0.3, 0.4) is 0 Å². The largest absolute Gasteiger partial charge is 0.368 e. The molecule has 1 unspecified atom stereocenters. The van der Waals surface area contributed by atoms with Gasteiger partial charge in [0.25, 0.3) is 0 Å². The van der Waals surface area contributed by atoms with Crippen molar-refractivity contribution in [1.29, 1.82) is 0 Å². The van der Waals surface area contributed by atoms with Gasteiger partial charge in [-0.05, 0) is 55.5 Å². The van der Waals surface area contributed by atoms with Crippen molar-refractivity contribution >= 4 is 5.69 Å². The first-order valence-corrected chi connectivity index (χ1v) is 7.87. The number of halogens is 1. The Hall–Kier alpha value is -1.09. The van der Waals surface area contributed by atoms with Crippen molar-refractivity contribution in [1.82, 2.24) is 5.32 Å². The minimum absolute atomic E-state index is 0.137. The quantitative estimate of drug-likeness (QED) is 0.847. The minimum atomic E-state index is -0.137. The number of anilines is 1. The summed E-state index contributed by atoms with van der Waals surface area (Å²) in [6, 6.07) is 5.85. The van der Waals surface area contributed by atoms with Crippen molar-refractivity contribution in [2.75, 3.05) is 18.0 Å². The fourth-order valence-corrected chi connectivity index (χ4v) is 3.05. The summed E-state index contributed by atoms with van der Waals surface area (Å²) in [6.45, 7) is 9.43. The van der Waals surface area contributed by atoms with Gasteiger partial charge < -0.3 is 10.2 Å². The van der Waals surface area contributed by atoms with Gasteiger partial charge in [0.05, 0.1) is 0 Å². The molecule has 1 aromatic rings. The molecule has 1 aliphatic rings. The smallest absolute Gasteiger partial charge is 0.123 e. The maximum atomic E-state index is 13.6. The minimum Gasteiger partial charge on any atom is -0.368 e. The lowest BCUT2D eigenvalue weighted by Gasteiger charge is -2.28. The molecule has 1 aliphatic heterocycles. The molecule has 1 saturated heterocycles. The van der Waals surface area contributed by atoms with Crippen LogP contribution in [0.5, 0.6) is 0 Å². The molecule has 0 aliphatic carbocycles. The van der Waals surface area contributed by atoms with Gasteiger partial charge in [-0.2, -0.15) is 0 Å². The molecule has 1 fully saturated rings. The summed E-state index contributed by atoms with van der Waals surface area (Å²) in [7, 11) is 0. The van der Waals surface area contributed by atoms with Gasteiger partial charge in [0.15, 0.2) is 0 Å². The average molecular weight is 278 g/mol. The second kappa shape index (κ2) is 7.07. The van der Waals surface area contributed by atoms with Gasteiger partial charge >= 0.3 is 0 Å². The van der Waals surface area contributed by atoms with Crippen LogP contribution in [0, 0.1) is 11.7 Å². The zero-order valence-electron chi connectivity index (χ0n) is 13.0. The molecule has 3 heteroatoms. The monoisotopic (exact) mass is 278 g/mol. The molecule has 20 heavy (non-hydrogen) atoms. The number of hydrogen-bond acceptors (Lipinski definition) is 2. The molecule has 0 amide bonds. The lowest BCUT2D eigenvalue weighted by atomic mass is 10.1. The van der Waals surface area contributed by atoms with E-state index < -0.39 is 0 Å². The fourth-order valence-electron chi connectivity index (χ4n) is 3.05. The highest BCUT2D eigenvalue weighted by atomic mass is 19.1. The van der Waals surface area contributed by atoms with E-state index in [1.54, 1.807) is 12.1 Å². The van der Waals surface area contributed by atoms with Crippen LogP contribution in [0.4, 0.5) is 10.1 Å². The van der Waals surface area contributed by atoms with Crippen molar-refractivity contribution in [2.24, 2.45) is 5.92 Å². The normalized spacial score (nSPS) is 19.1. The third-order valence-corrected chi connectivity index (χ3v) is 4.07. The van der Waals surface area contributed by atoms with E-state index in [1.807, 2.05) is 6.07 Å². The maximum Gasteiger partial charge on any atom is 0.123 e. The van der Waals surface area contributed by atoms with Crippen LogP contribution < -0.4 is 10.2 Å². The molecule has 112 valence electrons. The van der Waals surface area contributed by atoms with Crippen LogP contribution in [-0.2, 0) is 6.54 Å². The molecule has 1 aromatic carbocycles. The first-order valence-electron chi connectivity index (χ1n) is 7.87. The number of nitrogens with zero attached hydrogens (tertiary/aromatic N) is 1. The second-order valence-corrected chi connectivity index (χ2v) is 6.20. The topological polar surface area (TPSA) is 15.3 Å². The van der Waals surface area contributed by atoms with E-state index in [0.29, 0.717) is 12.0 Å². The van der Waals surface area contributed by atoms with Gasteiger partial charge in [-0.3, -0.25) is 0 Å². The van der Waals surface area contributed by atoms with Crippen LogP contribution in [0.15, 0.2) is 18.2 Å². The van der Waals surface area contributed by atoms with Crippen LogP contribution >= 0.6 is 0 Å². The van der Waals surface area contributed by atoms with Crippen molar-refractivity contribution < 1.29 is 4.39 Å². The highest BCUT2D eigenvalue weighted by Gasteiger charge is 2.24. The maximum absolute atomic E-state index is 13.6. The Morgan fingerprint density at radius 3 is 2.90 bits per heavy atom. The molecule has 0 bridgehead atoms. The summed E-state index contributed by atoms with van der Waals surface area (Å²) in [6.07, 6.45) is 3.66. The van der Waals surface area contributed by atoms with Gasteiger partial charge in [-0.1, -0.05) is 20.8 Å². The lowest BCUT2D eigenvalue weighted by molar-refractivity contribution is 0.548.